The van der Waals surface area contributed by atoms with Crippen molar-refractivity contribution in [1.82, 2.24) is 5.32 Å². The number of hydrogen-bond acceptors (Lipinski definition) is 3. The number of likely N-dealkylation sites (N-methyl/N-ethyl adjacent to an activating group) is 1. The highest BCUT2D eigenvalue weighted by atomic mass is 16.3. The van der Waals surface area contributed by atoms with E-state index in [4.69, 9.17) is 5.11 Å². The van der Waals surface area contributed by atoms with Crippen molar-refractivity contribution in [3.8, 4) is 5.75 Å². The van der Waals surface area contributed by atoms with Crippen molar-refractivity contribution in [2.75, 3.05) is 13.7 Å². The van der Waals surface area contributed by atoms with Crippen LogP contribution in [-0.2, 0) is 0 Å². The molecule has 0 heterocycles. The molecular weight excluding hydrogens is 166 g/mol. The molecular formula is C10H15NO2. The minimum atomic E-state index is -0.0550. The van der Waals surface area contributed by atoms with Crippen molar-refractivity contribution in [3.63, 3.8) is 0 Å². The zero-order chi connectivity index (χ0) is 9.84. The van der Waals surface area contributed by atoms with Crippen LogP contribution in [0.3, 0.4) is 0 Å². The lowest BCUT2D eigenvalue weighted by molar-refractivity contribution is 0.250. The fraction of sp³-hybridized carbons (Fsp3) is 0.400. The molecule has 3 nitrogen and oxygen atoms in total. The monoisotopic (exact) mass is 181 g/mol. The number of nitrogens with one attached hydrogen (secondary N) is 1. The van der Waals surface area contributed by atoms with Crippen LogP contribution in [0.2, 0.25) is 0 Å². The van der Waals surface area contributed by atoms with Gasteiger partial charge in [-0.3, -0.25) is 0 Å². The normalized spacial score (nSPS) is 12.8. The van der Waals surface area contributed by atoms with Gasteiger partial charge in [-0.05, 0) is 37.2 Å². The van der Waals surface area contributed by atoms with Crippen molar-refractivity contribution in [2.24, 2.45) is 0 Å². The Bertz CT molecular complexity index is 282. The van der Waals surface area contributed by atoms with Crippen LogP contribution in [0.15, 0.2) is 18.2 Å². The molecule has 1 aromatic carbocycles. The van der Waals surface area contributed by atoms with Crippen molar-refractivity contribution in [1.29, 1.82) is 0 Å². The predicted octanol–water partition coefficient (Wildman–Crippen LogP) is 0.953. The first kappa shape index (κ1) is 10.0. The Morgan fingerprint density at radius 2 is 2.15 bits per heavy atom. The highest BCUT2D eigenvalue weighted by Crippen LogP contribution is 2.21. The third-order valence-electron chi connectivity index (χ3n) is 2.16. The van der Waals surface area contributed by atoms with Gasteiger partial charge in [0.05, 0.1) is 12.6 Å². The molecule has 0 saturated carbocycles. The van der Waals surface area contributed by atoms with Gasteiger partial charge in [-0.15, -0.1) is 0 Å². The summed E-state index contributed by atoms with van der Waals surface area (Å²) in [6.07, 6.45) is 0. The summed E-state index contributed by atoms with van der Waals surface area (Å²) in [6, 6.07) is 5.08. The van der Waals surface area contributed by atoms with Crippen LogP contribution < -0.4 is 5.32 Å². The van der Waals surface area contributed by atoms with Crippen molar-refractivity contribution in [2.45, 2.75) is 13.0 Å². The summed E-state index contributed by atoms with van der Waals surface area (Å²) >= 11 is 0. The van der Waals surface area contributed by atoms with Gasteiger partial charge >= 0.3 is 0 Å². The topological polar surface area (TPSA) is 52.5 Å². The van der Waals surface area contributed by atoms with Crippen LogP contribution in [0.1, 0.15) is 17.2 Å². The summed E-state index contributed by atoms with van der Waals surface area (Å²) < 4.78 is 0. The molecule has 0 aliphatic rings. The Hall–Kier alpha value is -1.06. The largest absolute Gasteiger partial charge is 0.508 e. The molecule has 1 rings (SSSR count). The third kappa shape index (κ3) is 2.20. The first-order valence-electron chi connectivity index (χ1n) is 4.26. The van der Waals surface area contributed by atoms with Gasteiger partial charge in [-0.1, -0.05) is 6.07 Å². The summed E-state index contributed by atoms with van der Waals surface area (Å²) in [5.41, 5.74) is 2.00. The lowest BCUT2D eigenvalue weighted by Gasteiger charge is -2.16. The number of hydrogen-bond donors (Lipinski definition) is 3. The van der Waals surface area contributed by atoms with Gasteiger partial charge in [0.15, 0.2) is 0 Å². The van der Waals surface area contributed by atoms with Crippen molar-refractivity contribution < 1.29 is 10.2 Å². The van der Waals surface area contributed by atoms with Crippen LogP contribution in [-0.4, -0.2) is 23.9 Å². The molecule has 0 aliphatic heterocycles. The zero-order valence-electron chi connectivity index (χ0n) is 7.91. The van der Waals surface area contributed by atoms with Crippen molar-refractivity contribution in [3.05, 3.63) is 29.3 Å². The van der Waals surface area contributed by atoms with Gasteiger partial charge in [0.2, 0.25) is 0 Å². The average Bonchev–Trinajstić information content (AvgIpc) is 2.10. The maximum atomic E-state index is 9.18. The fourth-order valence-electron chi connectivity index (χ4n) is 1.40. The van der Waals surface area contributed by atoms with Gasteiger partial charge in [0, 0.05) is 0 Å². The summed E-state index contributed by atoms with van der Waals surface area (Å²) in [5.74, 6) is 0.258. The number of rotatable bonds is 3. The second kappa shape index (κ2) is 4.25. The van der Waals surface area contributed by atoms with E-state index >= 15 is 0 Å². The van der Waals surface area contributed by atoms with Gasteiger partial charge in [0.1, 0.15) is 5.75 Å². The summed E-state index contributed by atoms with van der Waals surface area (Å²) in [6.45, 7) is 1.97. The smallest absolute Gasteiger partial charge is 0.115 e. The van der Waals surface area contributed by atoms with Gasteiger partial charge in [-0.25, -0.2) is 0 Å². The molecule has 0 aromatic heterocycles. The van der Waals surface area contributed by atoms with E-state index in [1.165, 1.54) is 0 Å². The molecule has 0 bridgehead atoms. The molecule has 3 N–H and O–H groups in total. The number of phenolic OH excluding ortho intramolecular Hbond substituents is 1. The molecule has 1 atom stereocenters. The highest BCUT2D eigenvalue weighted by molar-refractivity contribution is 5.35. The van der Waals surface area contributed by atoms with E-state index in [-0.39, 0.29) is 18.4 Å². The lowest BCUT2D eigenvalue weighted by atomic mass is 10.0. The molecule has 0 fully saturated rings. The van der Waals surface area contributed by atoms with E-state index < -0.39 is 0 Å². The molecule has 3 heteroatoms. The Morgan fingerprint density at radius 1 is 1.46 bits per heavy atom. The molecule has 0 aliphatic carbocycles. The first-order chi connectivity index (χ1) is 6.19. The van der Waals surface area contributed by atoms with Gasteiger partial charge in [-0.2, -0.15) is 0 Å². The predicted molar refractivity (Wildman–Crippen MR) is 51.7 cm³/mol. The minimum absolute atomic E-state index is 0.0550. The molecule has 0 radical (unpaired) electrons. The second-order valence-corrected chi connectivity index (χ2v) is 3.06. The molecule has 0 saturated heterocycles. The molecule has 13 heavy (non-hydrogen) atoms. The summed E-state index contributed by atoms with van der Waals surface area (Å²) in [4.78, 5) is 0. The van der Waals surface area contributed by atoms with E-state index in [2.05, 4.69) is 5.32 Å². The molecule has 0 unspecified atom stereocenters. The number of aryl methyl sites for hydroxylation is 1. The quantitative estimate of drug-likeness (QED) is 0.651. The standard InChI is InChI=1S/C10H15NO2/c1-7-5-8(13)3-4-9(7)10(6-12)11-2/h3-5,10-13H,6H2,1-2H3/t10-/m1/s1. The highest BCUT2D eigenvalue weighted by Gasteiger charge is 2.09. The van der Waals surface area contributed by atoms with E-state index in [0.29, 0.717) is 0 Å². The fourth-order valence-corrected chi connectivity index (χ4v) is 1.40. The van der Waals surface area contributed by atoms with Gasteiger partial charge < -0.3 is 15.5 Å². The number of benzene rings is 1. The maximum absolute atomic E-state index is 9.18. The summed E-state index contributed by atoms with van der Waals surface area (Å²) in [5, 5.41) is 21.2. The van der Waals surface area contributed by atoms with Crippen LogP contribution in [0.5, 0.6) is 5.75 Å². The molecule has 1 aromatic rings. The van der Waals surface area contributed by atoms with Crippen molar-refractivity contribution >= 4 is 0 Å². The van der Waals surface area contributed by atoms with Crippen LogP contribution in [0.25, 0.3) is 0 Å². The Kier molecular flexibility index (Phi) is 3.28. The molecule has 0 amide bonds. The molecule has 72 valence electrons. The number of phenols is 1. The Balaban J connectivity index is 2.99. The van der Waals surface area contributed by atoms with Crippen LogP contribution in [0, 0.1) is 6.92 Å². The lowest BCUT2D eigenvalue weighted by Crippen LogP contribution is -2.20. The molecule has 0 spiro atoms. The average molecular weight is 181 g/mol. The number of aliphatic hydroxyl groups is 1. The number of aliphatic hydroxyl groups excluding tert-OH is 1. The van der Waals surface area contributed by atoms with E-state index in [9.17, 15) is 5.11 Å². The minimum Gasteiger partial charge on any atom is -0.508 e. The first-order valence-corrected chi connectivity index (χ1v) is 4.26. The number of aromatic hydroxyl groups is 1. The zero-order valence-corrected chi connectivity index (χ0v) is 7.91. The third-order valence-corrected chi connectivity index (χ3v) is 2.16. The Morgan fingerprint density at radius 3 is 2.62 bits per heavy atom. The van der Waals surface area contributed by atoms with E-state index in [1.807, 2.05) is 13.0 Å². The van der Waals surface area contributed by atoms with Gasteiger partial charge in [0.25, 0.3) is 0 Å². The second-order valence-electron chi connectivity index (χ2n) is 3.06. The van der Waals surface area contributed by atoms with E-state index in [0.717, 1.165) is 11.1 Å². The van der Waals surface area contributed by atoms with E-state index in [1.54, 1.807) is 19.2 Å². The van der Waals surface area contributed by atoms with Crippen LogP contribution >= 0.6 is 0 Å². The van der Waals surface area contributed by atoms with Crippen LogP contribution in [0.4, 0.5) is 0 Å². The Labute approximate surface area is 78.0 Å². The SMILES string of the molecule is CN[C@H](CO)c1ccc(O)cc1C. The summed E-state index contributed by atoms with van der Waals surface area (Å²) in [7, 11) is 1.80. The maximum Gasteiger partial charge on any atom is 0.115 e.